The summed E-state index contributed by atoms with van der Waals surface area (Å²) in [6.07, 6.45) is 2.20. The number of anilines is 1. The van der Waals surface area contributed by atoms with E-state index in [1.807, 2.05) is 54.7 Å². The van der Waals surface area contributed by atoms with Crippen LogP contribution in [-0.2, 0) is 11.2 Å². The van der Waals surface area contributed by atoms with Crippen LogP contribution in [0, 0.1) is 0 Å². The van der Waals surface area contributed by atoms with Crippen LogP contribution in [0.1, 0.15) is 5.56 Å². The topological polar surface area (TPSA) is 54.1 Å². The van der Waals surface area contributed by atoms with Crippen LogP contribution in [0.15, 0.2) is 54.7 Å². The molecule has 0 aliphatic rings. The first-order chi connectivity index (χ1) is 10.3. The lowest BCUT2D eigenvalue weighted by atomic mass is 10.1. The van der Waals surface area contributed by atoms with E-state index in [9.17, 15) is 4.79 Å². The van der Waals surface area contributed by atoms with E-state index in [0.29, 0.717) is 6.42 Å². The highest BCUT2D eigenvalue weighted by Crippen LogP contribution is 2.22. The van der Waals surface area contributed by atoms with Crippen molar-refractivity contribution in [2.24, 2.45) is 0 Å². The van der Waals surface area contributed by atoms with E-state index in [1.54, 1.807) is 7.11 Å². The van der Waals surface area contributed by atoms with Gasteiger partial charge in [0.15, 0.2) is 0 Å². The Bertz CT molecular complexity index is 760. The minimum Gasteiger partial charge on any atom is -0.497 e. The van der Waals surface area contributed by atoms with E-state index in [2.05, 4.69) is 10.3 Å². The third kappa shape index (κ3) is 2.89. The Morgan fingerprint density at radius 2 is 1.95 bits per heavy atom. The summed E-state index contributed by atoms with van der Waals surface area (Å²) in [4.78, 5) is 15.3. The number of carbonyl (C=O) groups is 1. The van der Waals surface area contributed by atoms with Crippen molar-refractivity contribution in [1.29, 1.82) is 0 Å². The van der Waals surface area contributed by atoms with Gasteiger partial charge in [-0.15, -0.1) is 0 Å². The summed E-state index contributed by atoms with van der Waals surface area (Å²) in [6, 6.07) is 15.3. The van der Waals surface area contributed by atoms with E-state index in [4.69, 9.17) is 4.74 Å². The zero-order valence-electron chi connectivity index (χ0n) is 11.7. The van der Waals surface area contributed by atoms with Crippen molar-refractivity contribution in [3.05, 3.63) is 60.3 Å². The van der Waals surface area contributed by atoms with Crippen LogP contribution in [0.3, 0.4) is 0 Å². The molecule has 21 heavy (non-hydrogen) atoms. The molecule has 1 heterocycles. The number of rotatable bonds is 4. The summed E-state index contributed by atoms with van der Waals surface area (Å²) in [5.74, 6) is 0.755. The van der Waals surface area contributed by atoms with E-state index in [-0.39, 0.29) is 5.91 Å². The number of amides is 1. The molecule has 4 nitrogen and oxygen atoms in total. The molecule has 2 aromatic carbocycles. The maximum atomic E-state index is 12.1. The first-order valence-corrected chi connectivity index (χ1v) is 6.75. The summed E-state index contributed by atoms with van der Waals surface area (Å²) >= 11 is 0. The van der Waals surface area contributed by atoms with E-state index >= 15 is 0 Å². The van der Waals surface area contributed by atoms with Crippen LogP contribution in [0.5, 0.6) is 5.75 Å². The van der Waals surface area contributed by atoms with Crippen LogP contribution < -0.4 is 10.1 Å². The van der Waals surface area contributed by atoms with Gasteiger partial charge in [0, 0.05) is 17.1 Å². The van der Waals surface area contributed by atoms with E-state index < -0.39 is 0 Å². The Morgan fingerprint density at radius 3 is 2.71 bits per heavy atom. The molecule has 0 fully saturated rings. The fourth-order valence-corrected chi connectivity index (χ4v) is 2.32. The lowest BCUT2D eigenvalue weighted by molar-refractivity contribution is -0.115. The van der Waals surface area contributed by atoms with Crippen LogP contribution in [-0.4, -0.2) is 18.0 Å². The van der Waals surface area contributed by atoms with Gasteiger partial charge in [-0.1, -0.05) is 18.2 Å². The molecule has 0 saturated carbocycles. The standard InChI is InChI=1S/C17H16N2O2/c1-21-13-7-5-12(6-8-13)11-17(20)19-16-4-2-3-15-14(16)9-10-18-15/h2-10,18H,11H2,1H3,(H,19,20). The molecule has 0 spiro atoms. The number of methoxy groups -OCH3 is 1. The highest BCUT2D eigenvalue weighted by atomic mass is 16.5. The number of hydrogen-bond donors (Lipinski definition) is 2. The molecule has 4 heteroatoms. The molecule has 0 radical (unpaired) electrons. The summed E-state index contributed by atoms with van der Waals surface area (Å²) in [6.45, 7) is 0. The Kier molecular flexibility index (Phi) is 3.60. The molecule has 1 aromatic heterocycles. The predicted octanol–water partition coefficient (Wildman–Crippen LogP) is 3.36. The molecule has 0 atom stereocenters. The minimum atomic E-state index is -0.0335. The molecule has 0 aliphatic heterocycles. The summed E-state index contributed by atoms with van der Waals surface area (Å²) < 4.78 is 5.11. The lowest BCUT2D eigenvalue weighted by Crippen LogP contribution is -2.14. The Morgan fingerprint density at radius 1 is 1.14 bits per heavy atom. The van der Waals surface area contributed by atoms with Crippen LogP contribution >= 0.6 is 0 Å². The second-order valence-corrected chi connectivity index (χ2v) is 4.82. The lowest BCUT2D eigenvalue weighted by Gasteiger charge is -2.07. The summed E-state index contributed by atoms with van der Waals surface area (Å²) in [7, 11) is 1.62. The van der Waals surface area contributed by atoms with Crippen molar-refractivity contribution in [3.63, 3.8) is 0 Å². The summed E-state index contributed by atoms with van der Waals surface area (Å²) in [5.41, 5.74) is 2.79. The zero-order valence-corrected chi connectivity index (χ0v) is 11.7. The van der Waals surface area contributed by atoms with Gasteiger partial charge in [0.1, 0.15) is 5.75 Å². The molecule has 106 valence electrons. The van der Waals surface area contributed by atoms with Crippen molar-refractivity contribution in [3.8, 4) is 5.75 Å². The number of carbonyl (C=O) groups excluding carboxylic acids is 1. The van der Waals surface area contributed by atoms with Gasteiger partial charge in [-0.2, -0.15) is 0 Å². The highest BCUT2D eigenvalue weighted by molar-refractivity contribution is 6.01. The molecule has 3 aromatic rings. The first kappa shape index (κ1) is 13.2. The second-order valence-electron chi connectivity index (χ2n) is 4.82. The van der Waals surface area contributed by atoms with Gasteiger partial charge in [0.25, 0.3) is 0 Å². The SMILES string of the molecule is COc1ccc(CC(=O)Nc2cccc3[nH]ccc23)cc1. The minimum absolute atomic E-state index is 0.0335. The summed E-state index contributed by atoms with van der Waals surface area (Å²) in [5, 5.41) is 3.97. The average molecular weight is 280 g/mol. The molecular formula is C17H16N2O2. The zero-order chi connectivity index (χ0) is 14.7. The van der Waals surface area contributed by atoms with Crippen LogP contribution in [0.25, 0.3) is 10.9 Å². The molecule has 3 rings (SSSR count). The number of ether oxygens (including phenoxy) is 1. The van der Waals surface area contributed by atoms with Crippen LogP contribution in [0.4, 0.5) is 5.69 Å². The normalized spacial score (nSPS) is 10.5. The fourth-order valence-electron chi connectivity index (χ4n) is 2.32. The van der Waals surface area contributed by atoms with Gasteiger partial charge in [0.05, 0.1) is 19.2 Å². The predicted molar refractivity (Wildman–Crippen MR) is 83.6 cm³/mol. The van der Waals surface area contributed by atoms with Gasteiger partial charge in [-0.3, -0.25) is 4.79 Å². The molecule has 0 aliphatic carbocycles. The number of hydrogen-bond acceptors (Lipinski definition) is 2. The monoisotopic (exact) mass is 280 g/mol. The van der Waals surface area contributed by atoms with Gasteiger partial charge < -0.3 is 15.0 Å². The number of aromatic amines is 1. The van der Waals surface area contributed by atoms with Crippen molar-refractivity contribution in [2.75, 3.05) is 12.4 Å². The molecule has 1 amide bonds. The number of aromatic nitrogens is 1. The third-order valence-electron chi connectivity index (χ3n) is 3.39. The third-order valence-corrected chi connectivity index (χ3v) is 3.39. The van der Waals surface area contributed by atoms with E-state index in [0.717, 1.165) is 27.9 Å². The Hall–Kier alpha value is -2.75. The number of fused-ring (bicyclic) bond motifs is 1. The molecule has 0 saturated heterocycles. The Balaban J connectivity index is 1.72. The van der Waals surface area contributed by atoms with E-state index in [1.165, 1.54) is 0 Å². The quantitative estimate of drug-likeness (QED) is 0.770. The number of nitrogens with one attached hydrogen (secondary N) is 2. The largest absolute Gasteiger partial charge is 0.497 e. The number of H-pyrrole nitrogens is 1. The average Bonchev–Trinajstić information content (AvgIpc) is 2.97. The van der Waals surface area contributed by atoms with Crippen molar-refractivity contribution in [2.45, 2.75) is 6.42 Å². The van der Waals surface area contributed by atoms with Gasteiger partial charge >= 0.3 is 0 Å². The van der Waals surface area contributed by atoms with Gasteiger partial charge in [-0.05, 0) is 35.9 Å². The van der Waals surface area contributed by atoms with Crippen molar-refractivity contribution < 1.29 is 9.53 Å². The highest BCUT2D eigenvalue weighted by Gasteiger charge is 2.07. The van der Waals surface area contributed by atoms with Crippen LogP contribution in [0.2, 0.25) is 0 Å². The fraction of sp³-hybridized carbons (Fsp3) is 0.118. The smallest absolute Gasteiger partial charge is 0.228 e. The maximum absolute atomic E-state index is 12.1. The molecule has 0 unspecified atom stereocenters. The van der Waals surface area contributed by atoms with Crippen molar-refractivity contribution >= 4 is 22.5 Å². The molecule has 0 bridgehead atoms. The molecule has 2 N–H and O–H groups in total. The van der Waals surface area contributed by atoms with Gasteiger partial charge in [0.2, 0.25) is 5.91 Å². The second kappa shape index (κ2) is 5.71. The van der Waals surface area contributed by atoms with Gasteiger partial charge in [-0.25, -0.2) is 0 Å². The Labute approximate surface area is 122 Å². The number of benzene rings is 2. The van der Waals surface area contributed by atoms with Crippen molar-refractivity contribution in [1.82, 2.24) is 4.98 Å². The maximum Gasteiger partial charge on any atom is 0.228 e. The first-order valence-electron chi connectivity index (χ1n) is 6.75. The molecular weight excluding hydrogens is 264 g/mol.